The Bertz CT molecular complexity index is 782. The topological polar surface area (TPSA) is 69.7 Å². The van der Waals surface area contributed by atoms with Crippen LogP contribution in [0.4, 0.5) is 4.48 Å². The van der Waals surface area contributed by atoms with Crippen molar-refractivity contribution in [1.29, 1.82) is 0 Å². The first-order valence-corrected chi connectivity index (χ1v) is 10.5. The average molecular weight is 454 g/mol. The minimum absolute atomic E-state index is 0.0381. The molecule has 1 spiro atoms. The highest BCUT2D eigenvalue weighted by molar-refractivity contribution is 9.10. The van der Waals surface area contributed by atoms with Crippen LogP contribution in [0.1, 0.15) is 54.9 Å². The van der Waals surface area contributed by atoms with Crippen LogP contribution in [0.5, 0.6) is 0 Å². The van der Waals surface area contributed by atoms with Crippen molar-refractivity contribution in [1.82, 2.24) is 15.3 Å². The number of rotatable bonds is 3. The van der Waals surface area contributed by atoms with Crippen LogP contribution in [0, 0.1) is 0 Å². The molecule has 2 fully saturated rings. The van der Waals surface area contributed by atoms with Gasteiger partial charge in [-0.15, -0.1) is 4.48 Å². The maximum absolute atomic E-state index is 12.3. The summed E-state index contributed by atoms with van der Waals surface area (Å²) in [6.07, 6.45) is 5.05. The molecule has 1 N–H and O–H groups in total. The molecule has 3 aliphatic rings. The van der Waals surface area contributed by atoms with E-state index in [-0.39, 0.29) is 17.9 Å². The van der Waals surface area contributed by atoms with Gasteiger partial charge in [0.25, 0.3) is 11.8 Å². The van der Waals surface area contributed by atoms with Crippen LogP contribution >= 0.6 is 15.9 Å². The third-order valence-electron chi connectivity index (χ3n) is 5.66. The van der Waals surface area contributed by atoms with Gasteiger partial charge in [0, 0.05) is 41.5 Å². The summed E-state index contributed by atoms with van der Waals surface area (Å²) in [6, 6.07) is 5.56. The standard InChI is InChI=1S/C13H12BrFN2O2.C7H13NO/c14-8-1-2-9-10(5-8)13(3-4-13)7-17(12(9)19)6-11(18)16-15;1-2-8-6-4-3-5-7(8)9/h1-2,5H,3-4,6-7H2,(H,16,18);2-6H2,1H3. The average Bonchev–Trinajstić information content (AvgIpc) is 3.47. The zero-order chi connectivity index (χ0) is 20.3. The molecular weight excluding hydrogens is 429 g/mol. The smallest absolute Gasteiger partial charge is 0.267 e. The van der Waals surface area contributed by atoms with Crippen molar-refractivity contribution in [3.05, 3.63) is 33.8 Å². The number of fused-ring (bicyclic) bond motifs is 2. The van der Waals surface area contributed by atoms with Gasteiger partial charge in [-0.3, -0.25) is 14.4 Å². The van der Waals surface area contributed by atoms with Gasteiger partial charge in [0.05, 0.1) is 0 Å². The molecule has 152 valence electrons. The molecule has 1 aromatic rings. The fourth-order valence-corrected chi connectivity index (χ4v) is 4.30. The minimum Gasteiger partial charge on any atom is -0.343 e. The van der Waals surface area contributed by atoms with E-state index in [9.17, 15) is 18.9 Å². The molecule has 2 aliphatic heterocycles. The van der Waals surface area contributed by atoms with E-state index >= 15 is 0 Å². The van der Waals surface area contributed by atoms with Crippen molar-refractivity contribution in [2.75, 3.05) is 26.2 Å². The molecule has 0 unspecified atom stereocenters. The molecule has 8 heteroatoms. The zero-order valence-electron chi connectivity index (χ0n) is 16.0. The number of carbonyl (C=O) groups is 3. The molecule has 0 aromatic heterocycles. The number of amides is 3. The second-order valence-electron chi connectivity index (χ2n) is 7.58. The number of piperidine rings is 1. The monoisotopic (exact) mass is 453 g/mol. The third kappa shape index (κ3) is 4.37. The molecule has 1 aromatic carbocycles. The van der Waals surface area contributed by atoms with Crippen molar-refractivity contribution in [3.63, 3.8) is 0 Å². The first-order valence-electron chi connectivity index (χ1n) is 9.67. The van der Waals surface area contributed by atoms with Gasteiger partial charge in [0.2, 0.25) is 5.91 Å². The number of carbonyl (C=O) groups excluding carboxylic acids is 3. The SMILES string of the molecule is CCN1CCCCC1=O.O=C(CN1CC2(CC2)c2cc(Br)ccc2C1=O)NF. The number of nitrogens with one attached hydrogen (secondary N) is 1. The van der Waals surface area contributed by atoms with Gasteiger partial charge in [0.15, 0.2) is 0 Å². The lowest BCUT2D eigenvalue weighted by molar-refractivity contribution is -0.133. The Labute approximate surface area is 172 Å². The Morgan fingerprint density at radius 1 is 1.25 bits per heavy atom. The van der Waals surface area contributed by atoms with Crippen molar-refractivity contribution in [2.24, 2.45) is 0 Å². The second kappa shape index (κ2) is 8.59. The summed E-state index contributed by atoms with van der Waals surface area (Å²) in [4.78, 5) is 37.7. The summed E-state index contributed by atoms with van der Waals surface area (Å²) < 4.78 is 13.0. The Kier molecular flexibility index (Phi) is 6.37. The van der Waals surface area contributed by atoms with E-state index in [1.54, 1.807) is 6.07 Å². The highest BCUT2D eigenvalue weighted by Crippen LogP contribution is 2.52. The van der Waals surface area contributed by atoms with Gasteiger partial charge in [-0.1, -0.05) is 15.9 Å². The van der Waals surface area contributed by atoms with Crippen molar-refractivity contribution >= 4 is 33.7 Å². The molecule has 1 saturated heterocycles. The number of benzene rings is 1. The van der Waals surface area contributed by atoms with Gasteiger partial charge < -0.3 is 9.80 Å². The van der Waals surface area contributed by atoms with E-state index in [2.05, 4.69) is 15.9 Å². The van der Waals surface area contributed by atoms with E-state index in [1.807, 2.05) is 24.0 Å². The fraction of sp³-hybridized carbons (Fsp3) is 0.550. The van der Waals surface area contributed by atoms with Gasteiger partial charge in [-0.2, -0.15) is 5.54 Å². The maximum Gasteiger partial charge on any atom is 0.267 e. The lowest BCUT2D eigenvalue weighted by atomic mass is 9.86. The summed E-state index contributed by atoms with van der Waals surface area (Å²) in [5, 5.41) is 0. The van der Waals surface area contributed by atoms with E-state index in [4.69, 9.17) is 0 Å². The number of likely N-dealkylation sites (tertiary alicyclic amines) is 1. The summed E-state index contributed by atoms with van der Waals surface area (Å²) >= 11 is 3.42. The summed E-state index contributed by atoms with van der Waals surface area (Å²) in [5.74, 6) is -0.655. The lowest BCUT2D eigenvalue weighted by Crippen LogP contribution is -2.47. The summed E-state index contributed by atoms with van der Waals surface area (Å²) in [6.45, 7) is 4.16. The van der Waals surface area contributed by atoms with E-state index in [0.717, 1.165) is 54.3 Å². The van der Waals surface area contributed by atoms with Crippen molar-refractivity contribution in [3.8, 4) is 0 Å². The molecule has 0 atom stereocenters. The van der Waals surface area contributed by atoms with E-state index in [0.29, 0.717) is 18.0 Å². The highest BCUT2D eigenvalue weighted by Gasteiger charge is 2.51. The Hall–Kier alpha value is -1.96. The predicted molar refractivity (Wildman–Crippen MR) is 106 cm³/mol. The molecular formula is C20H25BrFN3O3. The number of hydrogen-bond donors (Lipinski definition) is 1. The van der Waals surface area contributed by atoms with Crippen LogP contribution in [0.15, 0.2) is 22.7 Å². The van der Waals surface area contributed by atoms with Crippen LogP contribution in [-0.4, -0.2) is 53.7 Å². The second-order valence-corrected chi connectivity index (χ2v) is 8.50. The molecule has 2 heterocycles. The molecule has 28 heavy (non-hydrogen) atoms. The normalized spacial score (nSPS) is 19.7. The van der Waals surface area contributed by atoms with Gasteiger partial charge in [-0.25, -0.2) is 0 Å². The molecule has 0 bridgehead atoms. The first kappa shape index (κ1) is 20.8. The Morgan fingerprint density at radius 3 is 2.57 bits per heavy atom. The summed E-state index contributed by atoms with van der Waals surface area (Å²) in [5.41, 5.74) is 2.70. The predicted octanol–water partition coefficient (Wildman–Crippen LogP) is 2.96. The molecule has 1 saturated carbocycles. The number of hydrogen-bond acceptors (Lipinski definition) is 3. The van der Waals surface area contributed by atoms with E-state index < -0.39 is 5.91 Å². The summed E-state index contributed by atoms with van der Waals surface area (Å²) in [7, 11) is 0. The van der Waals surface area contributed by atoms with Crippen LogP contribution in [0.25, 0.3) is 0 Å². The Balaban J connectivity index is 0.000000211. The molecule has 4 rings (SSSR count). The number of nitrogens with zero attached hydrogens (tertiary/aromatic N) is 2. The molecule has 1 aliphatic carbocycles. The molecule has 0 radical (unpaired) electrons. The van der Waals surface area contributed by atoms with Crippen molar-refractivity contribution in [2.45, 2.75) is 44.4 Å². The Morgan fingerprint density at radius 2 is 2.00 bits per heavy atom. The minimum atomic E-state index is -0.787. The van der Waals surface area contributed by atoms with Crippen LogP contribution in [0.3, 0.4) is 0 Å². The maximum atomic E-state index is 12.3. The lowest BCUT2D eigenvalue weighted by Gasteiger charge is -2.34. The van der Waals surface area contributed by atoms with Gasteiger partial charge in [0.1, 0.15) is 6.54 Å². The quantitative estimate of drug-likeness (QED) is 0.715. The van der Waals surface area contributed by atoms with Crippen LogP contribution in [0.2, 0.25) is 0 Å². The van der Waals surface area contributed by atoms with Crippen LogP contribution < -0.4 is 5.54 Å². The van der Waals surface area contributed by atoms with Gasteiger partial charge >= 0.3 is 0 Å². The first-order chi connectivity index (χ1) is 13.4. The highest BCUT2D eigenvalue weighted by atomic mass is 79.9. The van der Waals surface area contributed by atoms with Crippen LogP contribution in [-0.2, 0) is 15.0 Å². The van der Waals surface area contributed by atoms with Gasteiger partial charge in [-0.05, 0) is 56.4 Å². The molecule has 3 amide bonds. The largest absolute Gasteiger partial charge is 0.343 e. The zero-order valence-corrected chi connectivity index (χ0v) is 17.6. The molecule has 6 nitrogen and oxygen atoms in total. The number of halogens is 2. The van der Waals surface area contributed by atoms with Crippen molar-refractivity contribution < 1.29 is 18.9 Å². The van der Waals surface area contributed by atoms with E-state index in [1.165, 1.54) is 11.3 Å². The third-order valence-corrected chi connectivity index (χ3v) is 6.15. The fourth-order valence-electron chi connectivity index (χ4n) is 3.94.